The Kier molecular flexibility index (Phi) is 46.8. The molecule has 36 nitrogen and oxygen atoms in total. The van der Waals surface area contributed by atoms with Crippen LogP contribution in [0.15, 0.2) is 30.3 Å². The topological polar surface area (TPSA) is 571 Å². The smallest absolute Gasteiger partial charge is 0.326 e. The van der Waals surface area contributed by atoms with Gasteiger partial charge in [-0.3, -0.25) is 76.7 Å². The minimum atomic E-state index is -1.93. The molecule has 0 fully saturated rings. The summed E-state index contributed by atoms with van der Waals surface area (Å²) in [6.45, 7) is 24.9. The first-order chi connectivity index (χ1) is 52.5. The van der Waals surface area contributed by atoms with Crippen molar-refractivity contribution in [1.82, 2.24) is 74.4 Å². The molecule has 0 saturated heterocycles. The van der Waals surface area contributed by atoms with Crippen LogP contribution in [-0.4, -0.2) is 214 Å². The van der Waals surface area contributed by atoms with Crippen molar-refractivity contribution in [3.05, 3.63) is 35.9 Å². The molecule has 0 bridgehead atoms. The lowest BCUT2D eigenvalue weighted by molar-refractivity contribution is -0.143. The number of carbonyl (C=O) groups is 17. The largest absolute Gasteiger partial charge is 0.481 e. The molecule has 0 saturated carbocycles. The van der Waals surface area contributed by atoms with Crippen molar-refractivity contribution in [1.29, 1.82) is 0 Å². The summed E-state index contributed by atoms with van der Waals surface area (Å²) >= 11 is 0. The molecule has 0 radical (unpaired) electrons. The number of hydrogen-bond acceptors (Lipinski definition) is 19. The zero-order chi connectivity index (χ0) is 85.2. The fourth-order valence-corrected chi connectivity index (χ4v) is 11.7. The molecule has 632 valence electrons. The second kappa shape index (κ2) is 52.4. The number of rotatable bonds is 55. The lowest BCUT2D eigenvalue weighted by atomic mass is 9.96. The number of unbranched alkanes of at least 4 members (excludes halogenated alkanes) is 2. The summed E-state index contributed by atoms with van der Waals surface area (Å²) in [5, 5.41) is 64.8. The van der Waals surface area contributed by atoms with Crippen molar-refractivity contribution in [2.75, 3.05) is 19.6 Å². The van der Waals surface area contributed by atoms with E-state index in [1.165, 1.54) is 20.8 Å². The van der Waals surface area contributed by atoms with Crippen molar-refractivity contribution >= 4 is 101 Å². The van der Waals surface area contributed by atoms with E-state index in [1.807, 2.05) is 13.8 Å². The highest BCUT2D eigenvalue weighted by Crippen LogP contribution is 2.17. The average molecular weight is 1590 g/mol. The summed E-state index contributed by atoms with van der Waals surface area (Å²) in [5.41, 5.74) is 12.0. The van der Waals surface area contributed by atoms with Gasteiger partial charge in [-0.15, -0.1) is 0 Å². The maximum atomic E-state index is 14.5. The van der Waals surface area contributed by atoms with Crippen LogP contribution in [-0.2, 0) is 87.9 Å². The third-order valence-corrected chi connectivity index (χ3v) is 18.3. The van der Waals surface area contributed by atoms with Crippen molar-refractivity contribution in [2.24, 2.45) is 47.0 Å². The standard InChI is InChI=1S/C76H128N16O20/c1-16-44(11)62(74(109)79-39-59(94)83-57(38-61(97)98)71(106)85-52(29-30-60(95)96)68(103)90-58(76(111)112)37-49-25-19-18-20-26-49)91-72(107)55(35-42(7)8)87-64(99)46(13)80-69(104)53(33-40(3)4)88-67(102)51(28-22-24-32-78)84-70(105)54(34-41(5)6)86-65(100)47(14)81-75(110)63(45(12)17-2)92-73(108)56(36-43(9)10)89-66(101)50(82-48(15)93)27-21-23-31-77/h18-20,25-26,40-47,50-58,62-63H,16-17,21-24,27-39,77-78H2,1-15H3,(H,79,109)(H,80,104)(H,81,110)(H,82,93)(H,83,94)(H,84,105)(H,85,106)(H,86,100)(H,87,99)(H,88,102)(H,89,101)(H,90,103)(H,91,107)(H,92,108)(H,95,96)(H,97,98)(H,111,112)/t44-,45-,46-,47-,50-,51-,52-,53-,54-,55-,56-,57-,58-,62-,63-/m0/s1. The molecule has 1 rings (SSSR count). The lowest BCUT2D eigenvalue weighted by Gasteiger charge is -2.29. The highest BCUT2D eigenvalue weighted by atomic mass is 16.4. The van der Waals surface area contributed by atoms with Gasteiger partial charge in [0.1, 0.15) is 78.5 Å². The number of amides is 14. The monoisotopic (exact) mass is 1580 g/mol. The van der Waals surface area contributed by atoms with Crippen LogP contribution in [0.2, 0.25) is 0 Å². The highest BCUT2D eigenvalue weighted by Gasteiger charge is 2.39. The molecule has 0 aliphatic heterocycles. The number of carboxylic acid groups (broad SMARTS) is 3. The van der Waals surface area contributed by atoms with Gasteiger partial charge >= 0.3 is 17.9 Å². The molecule has 0 aliphatic carbocycles. The van der Waals surface area contributed by atoms with Gasteiger partial charge < -0.3 is 101 Å². The van der Waals surface area contributed by atoms with Gasteiger partial charge in [0.25, 0.3) is 0 Å². The number of carbonyl (C=O) groups excluding carboxylic acids is 14. The molecule has 0 heterocycles. The van der Waals surface area contributed by atoms with E-state index in [0.29, 0.717) is 44.2 Å². The van der Waals surface area contributed by atoms with Gasteiger partial charge in [0.15, 0.2) is 0 Å². The van der Waals surface area contributed by atoms with E-state index in [2.05, 4.69) is 74.4 Å². The molecular weight excluding hydrogens is 1460 g/mol. The maximum Gasteiger partial charge on any atom is 0.326 e. The summed E-state index contributed by atoms with van der Waals surface area (Å²) in [5.74, 6) is -18.1. The van der Waals surface area contributed by atoms with Gasteiger partial charge in [0.05, 0.1) is 13.0 Å². The molecule has 0 spiro atoms. The number of hydrogen-bond donors (Lipinski definition) is 19. The first-order valence-electron chi connectivity index (χ1n) is 38.8. The maximum absolute atomic E-state index is 14.5. The number of nitrogens with two attached hydrogens (primary N) is 2. The van der Waals surface area contributed by atoms with Crippen LogP contribution in [0.5, 0.6) is 0 Å². The van der Waals surface area contributed by atoms with Crippen molar-refractivity contribution in [3.8, 4) is 0 Å². The first-order valence-corrected chi connectivity index (χ1v) is 38.8. The van der Waals surface area contributed by atoms with Crippen molar-refractivity contribution in [3.63, 3.8) is 0 Å². The van der Waals surface area contributed by atoms with Crippen LogP contribution in [0.25, 0.3) is 0 Å². The van der Waals surface area contributed by atoms with E-state index >= 15 is 0 Å². The average Bonchev–Trinajstić information content (AvgIpc) is 0.862. The number of benzene rings is 1. The first kappa shape index (κ1) is 100. The SMILES string of the molecule is CC[C@H](C)[C@H](NC(=O)[C@H](CC(C)C)NC(=O)[C@H](C)NC(=O)[C@H](CC(C)C)NC(=O)[C@H](CCCCN)NC(=O)[C@H](CC(C)C)NC(=O)[C@H](C)NC(=O)[C@@H](NC(=O)[C@H](CC(C)C)NC(=O)[C@H](CCCCN)NC(C)=O)[C@@H](C)CC)C(=O)NCC(=O)N[C@@H](CC(=O)O)C(=O)N[C@@H](CCC(=O)O)C(=O)N[C@@H](Cc1ccccc1)C(=O)O. The van der Waals surface area contributed by atoms with Crippen LogP contribution in [0.3, 0.4) is 0 Å². The molecule has 112 heavy (non-hydrogen) atoms. The molecule has 1 aromatic rings. The number of nitrogens with one attached hydrogen (secondary N) is 14. The Labute approximate surface area is 656 Å². The molecule has 0 aliphatic rings. The van der Waals surface area contributed by atoms with E-state index in [0.717, 1.165) is 0 Å². The summed E-state index contributed by atoms with van der Waals surface area (Å²) in [6.07, 6.45) is 0.582. The van der Waals surface area contributed by atoms with E-state index in [-0.39, 0.29) is 81.6 Å². The van der Waals surface area contributed by atoms with Gasteiger partial charge in [-0.25, -0.2) is 4.79 Å². The molecule has 0 unspecified atom stereocenters. The predicted molar refractivity (Wildman–Crippen MR) is 415 cm³/mol. The molecule has 1 aromatic carbocycles. The minimum absolute atomic E-state index is 0.00116. The molecule has 36 heteroatoms. The van der Waals surface area contributed by atoms with E-state index in [9.17, 15) is 96.8 Å². The van der Waals surface area contributed by atoms with Crippen LogP contribution >= 0.6 is 0 Å². The second-order valence-electron chi connectivity index (χ2n) is 30.4. The Bertz CT molecular complexity index is 3290. The van der Waals surface area contributed by atoms with Gasteiger partial charge in [-0.05, 0) is 139 Å². The summed E-state index contributed by atoms with van der Waals surface area (Å²) in [6, 6.07) is -9.56. The van der Waals surface area contributed by atoms with Crippen LogP contribution < -0.4 is 85.9 Å². The van der Waals surface area contributed by atoms with Gasteiger partial charge in [-0.2, -0.15) is 0 Å². The predicted octanol–water partition coefficient (Wildman–Crippen LogP) is -0.334. The summed E-state index contributed by atoms with van der Waals surface area (Å²) in [4.78, 5) is 229. The second-order valence-corrected chi connectivity index (χ2v) is 30.4. The van der Waals surface area contributed by atoms with Crippen molar-refractivity contribution in [2.45, 2.75) is 285 Å². The molecule has 14 amide bonds. The third kappa shape index (κ3) is 39.4. The Hall–Kier alpha value is -9.87. The van der Waals surface area contributed by atoms with Gasteiger partial charge in [-0.1, -0.05) is 126 Å². The van der Waals surface area contributed by atoms with Crippen molar-refractivity contribution < 1.29 is 96.8 Å². The minimum Gasteiger partial charge on any atom is -0.481 e. The molecule has 21 N–H and O–H groups in total. The van der Waals surface area contributed by atoms with Gasteiger partial charge in [0.2, 0.25) is 82.7 Å². The van der Waals surface area contributed by atoms with E-state index in [1.54, 1.807) is 99.6 Å². The zero-order valence-electron chi connectivity index (χ0n) is 67.7. The Morgan fingerprint density at radius 1 is 0.357 bits per heavy atom. The normalized spacial score (nSPS) is 15.3. The Morgan fingerprint density at radius 3 is 1.07 bits per heavy atom. The Balaban J connectivity index is 3.38. The quantitative estimate of drug-likeness (QED) is 0.0371. The fourth-order valence-electron chi connectivity index (χ4n) is 11.7. The Morgan fingerprint density at radius 2 is 0.696 bits per heavy atom. The van der Waals surface area contributed by atoms with E-state index in [4.69, 9.17) is 11.5 Å². The number of aliphatic carboxylic acids is 3. The van der Waals surface area contributed by atoms with Crippen LogP contribution in [0.1, 0.15) is 206 Å². The zero-order valence-corrected chi connectivity index (χ0v) is 67.7. The highest BCUT2D eigenvalue weighted by molar-refractivity contribution is 6.00. The third-order valence-electron chi connectivity index (χ3n) is 18.3. The fraction of sp³-hybridized carbons (Fsp3) is 0.697. The lowest BCUT2D eigenvalue weighted by Crippen LogP contribution is -2.61. The molecular formula is C76H128N16O20. The van der Waals surface area contributed by atoms with Crippen LogP contribution in [0.4, 0.5) is 0 Å². The molecule has 15 atom stereocenters. The summed E-state index contributed by atoms with van der Waals surface area (Å²) < 4.78 is 0. The van der Waals surface area contributed by atoms with Crippen LogP contribution in [0, 0.1) is 35.5 Å². The molecule has 0 aromatic heterocycles. The van der Waals surface area contributed by atoms with Gasteiger partial charge in [0, 0.05) is 19.8 Å². The summed E-state index contributed by atoms with van der Waals surface area (Å²) in [7, 11) is 0. The number of carboxylic acids is 3. The van der Waals surface area contributed by atoms with E-state index < -0.39 is 217 Å².